The summed E-state index contributed by atoms with van der Waals surface area (Å²) >= 11 is 0. The lowest BCUT2D eigenvalue weighted by molar-refractivity contribution is -0.0852. The van der Waals surface area contributed by atoms with Crippen LogP contribution in [-0.2, 0) is 0 Å². The van der Waals surface area contributed by atoms with Gasteiger partial charge in [0.2, 0.25) is 0 Å². The molecule has 0 aromatic rings. The lowest BCUT2D eigenvalue weighted by Gasteiger charge is -2.59. The molecule has 1 spiro atoms. The summed E-state index contributed by atoms with van der Waals surface area (Å²) in [6.45, 7) is 4.62. The van der Waals surface area contributed by atoms with Crippen molar-refractivity contribution in [3.63, 3.8) is 0 Å². The molecule has 1 heterocycles. The van der Waals surface area contributed by atoms with Crippen LogP contribution < -0.4 is 5.73 Å². The molecule has 2 saturated carbocycles. The molecule has 18 heavy (non-hydrogen) atoms. The number of likely N-dealkylation sites (tertiary alicyclic amines) is 1. The van der Waals surface area contributed by atoms with Gasteiger partial charge in [0.25, 0.3) is 0 Å². The first-order valence-electron chi connectivity index (χ1n) is 8.21. The van der Waals surface area contributed by atoms with Gasteiger partial charge >= 0.3 is 0 Å². The second-order valence-electron chi connectivity index (χ2n) is 7.20. The van der Waals surface area contributed by atoms with E-state index in [0.29, 0.717) is 0 Å². The van der Waals surface area contributed by atoms with Crippen molar-refractivity contribution in [3.05, 3.63) is 0 Å². The molecule has 0 aromatic carbocycles. The van der Waals surface area contributed by atoms with Gasteiger partial charge in [0, 0.05) is 18.6 Å². The highest BCUT2D eigenvalue weighted by molar-refractivity contribution is 5.04. The van der Waals surface area contributed by atoms with E-state index in [1.165, 1.54) is 64.3 Å². The third-order valence-electron chi connectivity index (χ3n) is 6.23. The monoisotopic (exact) mass is 250 g/mol. The Morgan fingerprint density at radius 2 is 1.83 bits per heavy atom. The molecule has 0 aromatic heterocycles. The topological polar surface area (TPSA) is 29.3 Å². The van der Waals surface area contributed by atoms with E-state index in [9.17, 15) is 0 Å². The number of hydrogen-bond acceptors (Lipinski definition) is 2. The first kappa shape index (κ1) is 12.9. The number of rotatable bonds is 2. The van der Waals surface area contributed by atoms with Crippen LogP contribution in [0.2, 0.25) is 0 Å². The minimum Gasteiger partial charge on any atom is -0.330 e. The zero-order valence-electron chi connectivity index (χ0n) is 12.0. The molecule has 3 fully saturated rings. The predicted octanol–water partition coefficient (Wildman–Crippen LogP) is 3.16. The lowest BCUT2D eigenvalue weighted by atomic mass is 9.56. The van der Waals surface area contributed by atoms with Crippen molar-refractivity contribution in [3.8, 4) is 0 Å². The van der Waals surface area contributed by atoms with E-state index in [1.54, 1.807) is 0 Å². The summed E-state index contributed by atoms with van der Waals surface area (Å²) in [7, 11) is 0. The third-order valence-corrected chi connectivity index (χ3v) is 6.23. The van der Waals surface area contributed by atoms with Crippen molar-refractivity contribution >= 4 is 0 Å². The van der Waals surface area contributed by atoms with Crippen LogP contribution in [0.1, 0.15) is 64.7 Å². The van der Waals surface area contributed by atoms with Crippen LogP contribution >= 0.6 is 0 Å². The molecule has 2 aliphatic carbocycles. The number of nitrogens with two attached hydrogens (primary N) is 1. The third kappa shape index (κ3) is 2.12. The smallest absolute Gasteiger partial charge is 0.0155 e. The molecule has 3 aliphatic rings. The van der Waals surface area contributed by atoms with Crippen LogP contribution in [0.5, 0.6) is 0 Å². The molecule has 2 nitrogen and oxygen atoms in total. The van der Waals surface area contributed by atoms with Gasteiger partial charge in [-0.2, -0.15) is 0 Å². The van der Waals surface area contributed by atoms with Crippen molar-refractivity contribution in [2.75, 3.05) is 13.1 Å². The van der Waals surface area contributed by atoms with Crippen LogP contribution in [0.4, 0.5) is 0 Å². The molecule has 3 atom stereocenters. The van der Waals surface area contributed by atoms with Gasteiger partial charge in [-0.25, -0.2) is 0 Å². The Kier molecular flexibility index (Phi) is 3.68. The molecular formula is C16H30N2. The Morgan fingerprint density at radius 3 is 2.44 bits per heavy atom. The van der Waals surface area contributed by atoms with Crippen LogP contribution in [0.25, 0.3) is 0 Å². The lowest BCUT2D eigenvalue weighted by Crippen LogP contribution is -2.61. The maximum Gasteiger partial charge on any atom is 0.0155 e. The Bertz CT molecular complexity index is 283. The zero-order valence-corrected chi connectivity index (χ0v) is 12.0. The van der Waals surface area contributed by atoms with Crippen molar-refractivity contribution in [2.45, 2.75) is 76.8 Å². The second-order valence-corrected chi connectivity index (χ2v) is 7.20. The summed E-state index contributed by atoms with van der Waals surface area (Å²) in [6, 6.07) is 1.71. The first-order valence-corrected chi connectivity index (χ1v) is 8.21. The summed E-state index contributed by atoms with van der Waals surface area (Å²) in [5.41, 5.74) is 6.64. The molecule has 1 saturated heterocycles. The van der Waals surface area contributed by atoms with Gasteiger partial charge in [0.05, 0.1) is 0 Å². The highest BCUT2D eigenvalue weighted by Gasteiger charge is 2.50. The minimum absolute atomic E-state index is 0.725. The first-order chi connectivity index (χ1) is 8.75. The van der Waals surface area contributed by atoms with Gasteiger partial charge < -0.3 is 5.73 Å². The van der Waals surface area contributed by atoms with Gasteiger partial charge in [0.1, 0.15) is 0 Å². The molecule has 3 rings (SSSR count). The SMILES string of the molecule is CC1CCC(CN)CN1C1CCC12CCCCC2. The van der Waals surface area contributed by atoms with Gasteiger partial charge in [-0.05, 0) is 63.3 Å². The van der Waals surface area contributed by atoms with E-state index in [4.69, 9.17) is 5.73 Å². The number of hydrogen-bond donors (Lipinski definition) is 1. The molecule has 2 heteroatoms. The molecular weight excluding hydrogens is 220 g/mol. The fraction of sp³-hybridized carbons (Fsp3) is 1.00. The van der Waals surface area contributed by atoms with Crippen LogP contribution in [0.15, 0.2) is 0 Å². The van der Waals surface area contributed by atoms with E-state index < -0.39 is 0 Å². The number of piperidine rings is 1. The van der Waals surface area contributed by atoms with Crippen molar-refractivity contribution in [1.82, 2.24) is 4.90 Å². The predicted molar refractivity (Wildman–Crippen MR) is 76.5 cm³/mol. The van der Waals surface area contributed by atoms with E-state index in [-0.39, 0.29) is 0 Å². The molecule has 0 radical (unpaired) electrons. The highest BCUT2D eigenvalue weighted by Crippen LogP contribution is 2.54. The summed E-state index contributed by atoms with van der Waals surface area (Å²) in [5, 5.41) is 0. The Morgan fingerprint density at radius 1 is 1.06 bits per heavy atom. The standard InChI is InChI=1S/C16H30N2/c1-13-5-6-14(11-17)12-18(13)15-7-10-16(15)8-3-2-4-9-16/h13-15H,2-12,17H2,1H3. The summed E-state index contributed by atoms with van der Waals surface area (Å²) < 4.78 is 0. The Balaban J connectivity index is 1.69. The minimum atomic E-state index is 0.725. The largest absolute Gasteiger partial charge is 0.330 e. The fourth-order valence-electron chi connectivity index (χ4n) is 4.88. The highest BCUT2D eigenvalue weighted by atomic mass is 15.2. The van der Waals surface area contributed by atoms with Crippen molar-refractivity contribution < 1.29 is 0 Å². The second kappa shape index (κ2) is 5.13. The molecule has 104 valence electrons. The normalized spacial score (nSPS) is 40.7. The number of nitrogens with zero attached hydrogens (tertiary/aromatic N) is 1. The summed E-state index contributed by atoms with van der Waals surface area (Å²) in [6.07, 6.45) is 13.2. The fourth-order valence-corrected chi connectivity index (χ4v) is 4.88. The quantitative estimate of drug-likeness (QED) is 0.815. The molecule has 0 amide bonds. The van der Waals surface area contributed by atoms with Crippen molar-refractivity contribution in [2.24, 2.45) is 17.1 Å². The maximum absolute atomic E-state index is 5.91. The summed E-state index contributed by atoms with van der Waals surface area (Å²) in [5.74, 6) is 0.766. The Hall–Kier alpha value is -0.0800. The molecule has 0 bridgehead atoms. The van der Waals surface area contributed by atoms with E-state index >= 15 is 0 Å². The van der Waals surface area contributed by atoms with Gasteiger partial charge in [-0.15, -0.1) is 0 Å². The van der Waals surface area contributed by atoms with Gasteiger partial charge in [-0.1, -0.05) is 19.3 Å². The molecule has 2 N–H and O–H groups in total. The van der Waals surface area contributed by atoms with Crippen LogP contribution in [0.3, 0.4) is 0 Å². The summed E-state index contributed by atoms with van der Waals surface area (Å²) in [4.78, 5) is 2.86. The van der Waals surface area contributed by atoms with E-state index in [2.05, 4.69) is 11.8 Å². The molecule has 3 unspecified atom stereocenters. The average molecular weight is 250 g/mol. The van der Waals surface area contributed by atoms with Gasteiger partial charge in [-0.3, -0.25) is 4.90 Å². The van der Waals surface area contributed by atoms with E-state index in [1.807, 2.05) is 0 Å². The van der Waals surface area contributed by atoms with Crippen molar-refractivity contribution in [1.29, 1.82) is 0 Å². The molecule has 1 aliphatic heterocycles. The van der Waals surface area contributed by atoms with Crippen LogP contribution in [-0.4, -0.2) is 30.1 Å². The zero-order chi connectivity index (χ0) is 12.6. The maximum atomic E-state index is 5.91. The van der Waals surface area contributed by atoms with E-state index in [0.717, 1.165) is 30.0 Å². The van der Waals surface area contributed by atoms with Gasteiger partial charge in [0.15, 0.2) is 0 Å². The average Bonchev–Trinajstić information content (AvgIpc) is 2.41. The van der Waals surface area contributed by atoms with Crippen LogP contribution in [0, 0.1) is 11.3 Å². The Labute approximate surface area is 112 Å².